The quantitative estimate of drug-likeness (QED) is 0.318. The third-order valence-electron chi connectivity index (χ3n) is 3.17. The van der Waals surface area contributed by atoms with Crippen LogP contribution in [0.4, 0.5) is 0 Å². The van der Waals surface area contributed by atoms with Gasteiger partial charge < -0.3 is 19.4 Å². The second-order valence-electron chi connectivity index (χ2n) is 4.14. The van der Waals surface area contributed by atoms with Gasteiger partial charge >= 0.3 is 0 Å². The Morgan fingerprint density at radius 1 is 1.21 bits per heavy atom. The highest BCUT2D eigenvalue weighted by molar-refractivity contribution is 5.62. The zero-order chi connectivity index (χ0) is 14.1. The van der Waals surface area contributed by atoms with Crippen LogP contribution in [0.25, 0.3) is 0 Å². The summed E-state index contributed by atoms with van der Waals surface area (Å²) in [5.74, 6) is -1.19. The predicted octanol–water partition coefficient (Wildman–Crippen LogP) is 0.273. The van der Waals surface area contributed by atoms with E-state index in [0.717, 1.165) is 6.42 Å². The molecule has 0 saturated heterocycles. The molecule has 0 saturated carbocycles. The lowest BCUT2D eigenvalue weighted by molar-refractivity contribution is -0.385. The average molecular weight is 267 g/mol. The number of benzene rings is 1. The van der Waals surface area contributed by atoms with Crippen LogP contribution in [0.15, 0.2) is 30.3 Å². The van der Waals surface area contributed by atoms with Crippen molar-refractivity contribution in [1.82, 2.24) is 0 Å². The van der Waals surface area contributed by atoms with E-state index in [2.05, 4.69) is 0 Å². The molecule has 0 aliphatic rings. The Balaban J connectivity index is 2.75. The molecule has 1 aromatic carbocycles. The number of aryl methyl sites for hydroxylation is 1. The summed E-state index contributed by atoms with van der Waals surface area (Å²) in [4.78, 5) is 0. The fraction of sp³-hybridized carbons (Fsp3) is 0.500. The highest BCUT2D eigenvalue weighted by Gasteiger charge is 2.41. The summed E-state index contributed by atoms with van der Waals surface area (Å²) < 4.78 is 16.0. The molecule has 0 heterocycles. The fourth-order valence-corrected chi connectivity index (χ4v) is 2.06. The van der Waals surface area contributed by atoms with Crippen molar-refractivity contribution in [1.29, 1.82) is 0 Å². The van der Waals surface area contributed by atoms with Gasteiger partial charge in [0, 0.05) is 21.3 Å². The summed E-state index contributed by atoms with van der Waals surface area (Å²) in [6, 6.07) is 10.0. The van der Waals surface area contributed by atoms with E-state index in [9.17, 15) is 5.21 Å². The molecule has 5 nitrogen and oxygen atoms in total. The van der Waals surface area contributed by atoms with Crippen LogP contribution in [0.1, 0.15) is 12.0 Å². The Hall–Kier alpha value is -1.43. The van der Waals surface area contributed by atoms with E-state index >= 15 is 0 Å². The van der Waals surface area contributed by atoms with Crippen molar-refractivity contribution in [2.75, 3.05) is 21.3 Å². The maximum atomic E-state index is 10.6. The maximum absolute atomic E-state index is 10.6. The third-order valence-corrected chi connectivity index (χ3v) is 3.17. The first kappa shape index (κ1) is 15.6. The van der Waals surface area contributed by atoms with Gasteiger partial charge in [0.15, 0.2) is 0 Å². The molecule has 1 rings (SSSR count). The molecule has 0 fully saturated rings. The summed E-state index contributed by atoms with van der Waals surface area (Å²) >= 11 is 0. The molecule has 106 valence electrons. The van der Waals surface area contributed by atoms with E-state index in [1.807, 2.05) is 30.3 Å². The van der Waals surface area contributed by atoms with Crippen molar-refractivity contribution in [3.05, 3.63) is 41.1 Å². The van der Waals surface area contributed by atoms with E-state index in [0.29, 0.717) is 6.42 Å². The van der Waals surface area contributed by atoms with Crippen LogP contribution < -0.4 is 5.16 Å². The summed E-state index contributed by atoms with van der Waals surface area (Å²) in [5.41, 5.74) is 1.20. The minimum atomic E-state index is -1.19. The molecule has 5 heteroatoms. The maximum Gasteiger partial charge on any atom is 0.275 e. The van der Waals surface area contributed by atoms with E-state index in [-0.39, 0.29) is 6.10 Å². The van der Waals surface area contributed by atoms with Gasteiger partial charge in [0.05, 0.1) is 0 Å². The highest BCUT2D eigenvalue weighted by atomic mass is 16.7. The lowest BCUT2D eigenvalue weighted by Crippen LogP contribution is -2.68. The number of hydrogen-bond acceptors (Lipinski definition) is 4. The SMILES string of the molecule is COC(CCc1ccccc1)C(C=[NH+][O-])(OC)OC. The van der Waals surface area contributed by atoms with E-state index in [4.69, 9.17) is 14.2 Å². The molecule has 1 N–H and O–H groups in total. The zero-order valence-corrected chi connectivity index (χ0v) is 11.6. The van der Waals surface area contributed by atoms with Crippen LogP contribution in [0, 0.1) is 5.21 Å². The largest absolute Gasteiger partial charge is 0.626 e. The molecule has 0 aliphatic carbocycles. The number of hydrogen-bond donors (Lipinski definition) is 1. The molecule has 1 unspecified atom stereocenters. The Morgan fingerprint density at radius 3 is 2.32 bits per heavy atom. The Bertz CT molecular complexity index is 376. The van der Waals surface area contributed by atoms with Crippen molar-refractivity contribution in [2.24, 2.45) is 0 Å². The Labute approximate surface area is 113 Å². The van der Waals surface area contributed by atoms with Crippen LogP contribution in [0.2, 0.25) is 0 Å². The zero-order valence-electron chi connectivity index (χ0n) is 11.6. The molecular weight excluding hydrogens is 246 g/mol. The topological polar surface area (TPSA) is 64.7 Å². The summed E-state index contributed by atoms with van der Waals surface area (Å²) in [5, 5.41) is 12.4. The molecule has 1 aromatic rings. The molecule has 0 spiro atoms. The minimum absolute atomic E-state index is 0.385. The second-order valence-corrected chi connectivity index (χ2v) is 4.14. The minimum Gasteiger partial charge on any atom is -0.626 e. The lowest BCUT2D eigenvalue weighted by Gasteiger charge is -2.31. The fourth-order valence-electron chi connectivity index (χ4n) is 2.06. The van der Waals surface area contributed by atoms with Crippen LogP contribution in [0.5, 0.6) is 0 Å². The molecule has 0 bridgehead atoms. The number of rotatable bonds is 8. The van der Waals surface area contributed by atoms with E-state index < -0.39 is 5.79 Å². The molecular formula is C14H21NO4. The van der Waals surface area contributed by atoms with Crippen molar-refractivity contribution in [3.8, 4) is 0 Å². The van der Waals surface area contributed by atoms with Crippen molar-refractivity contribution in [2.45, 2.75) is 24.7 Å². The van der Waals surface area contributed by atoms with Gasteiger partial charge in [-0.05, 0) is 18.4 Å². The first-order chi connectivity index (χ1) is 9.22. The molecule has 0 aliphatic heterocycles. The number of nitrogens with one attached hydrogen (secondary N) is 1. The van der Waals surface area contributed by atoms with Crippen molar-refractivity contribution in [3.63, 3.8) is 0 Å². The molecule has 0 aromatic heterocycles. The van der Waals surface area contributed by atoms with Gasteiger partial charge in [0.25, 0.3) is 5.79 Å². The van der Waals surface area contributed by atoms with Gasteiger partial charge in [-0.15, -0.1) is 0 Å². The molecule has 0 radical (unpaired) electrons. The third kappa shape index (κ3) is 4.02. The summed E-state index contributed by atoms with van der Waals surface area (Å²) in [6.07, 6.45) is 2.30. The Morgan fingerprint density at radius 2 is 1.84 bits per heavy atom. The monoisotopic (exact) mass is 267 g/mol. The second kappa shape index (κ2) is 7.89. The Kier molecular flexibility index (Phi) is 6.49. The number of ether oxygens (including phenoxy) is 3. The van der Waals surface area contributed by atoms with Crippen LogP contribution in [0.3, 0.4) is 0 Å². The van der Waals surface area contributed by atoms with Gasteiger partial charge in [0.2, 0.25) is 6.21 Å². The van der Waals surface area contributed by atoms with E-state index in [1.54, 1.807) is 12.3 Å². The van der Waals surface area contributed by atoms with Crippen LogP contribution in [-0.4, -0.2) is 39.4 Å². The standard InChI is InChI=1S/C14H21NO4/c1-17-13(14(18-2,19-3)11-15-16)10-9-12-7-5-4-6-8-12/h4-8,11,13,15H,9-10H2,1-3H3. The van der Waals surface area contributed by atoms with Crippen molar-refractivity contribution < 1.29 is 19.4 Å². The molecule has 19 heavy (non-hydrogen) atoms. The normalized spacial score (nSPS) is 13.8. The lowest BCUT2D eigenvalue weighted by atomic mass is 10.0. The molecule has 1 atom stereocenters. The smallest absolute Gasteiger partial charge is 0.275 e. The average Bonchev–Trinajstić information content (AvgIpc) is 2.47. The highest BCUT2D eigenvalue weighted by Crippen LogP contribution is 2.21. The predicted molar refractivity (Wildman–Crippen MR) is 72.7 cm³/mol. The molecule has 0 amide bonds. The van der Waals surface area contributed by atoms with Crippen LogP contribution in [-0.2, 0) is 20.6 Å². The number of methoxy groups -OCH3 is 3. The summed E-state index contributed by atoms with van der Waals surface area (Å²) in [6.45, 7) is 0. The first-order valence-electron chi connectivity index (χ1n) is 6.11. The first-order valence-corrected chi connectivity index (χ1v) is 6.11. The van der Waals surface area contributed by atoms with Gasteiger partial charge in [-0.25, -0.2) is 5.16 Å². The van der Waals surface area contributed by atoms with Crippen molar-refractivity contribution >= 4 is 6.21 Å². The van der Waals surface area contributed by atoms with Gasteiger partial charge in [-0.2, -0.15) is 0 Å². The van der Waals surface area contributed by atoms with Gasteiger partial charge in [0.1, 0.15) is 6.10 Å². The summed E-state index contributed by atoms with van der Waals surface area (Å²) in [7, 11) is 4.53. The van der Waals surface area contributed by atoms with Crippen LogP contribution >= 0.6 is 0 Å². The van der Waals surface area contributed by atoms with E-state index in [1.165, 1.54) is 26.0 Å². The van der Waals surface area contributed by atoms with Gasteiger partial charge in [-0.3, -0.25) is 0 Å². The van der Waals surface area contributed by atoms with Gasteiger partial charge in [-0.1, -0.05) is 30.3 Å².